The van der Waals surface area contributed by atoms with Crippen LogP contribution in [-0.4, -0.2) is 24.0 Å². The monoisotopic (exact) mass is 305 g/mol. The summed E-state index contributed by atoms with van der Waals surface area (Å²) in [5.74, 6) is -0.879. The fraction of sp³-hybridized carbons (Fsp3) is 0.500. The van der Waals surface area contributed by atoms with Crippen molar-refractivity contribution in [3.8, 4) is 5.75 Å². The lowest BCUT2D eigenvalue weighted by Crippen LogP contribution is -2.38. The second-order valence-corrected chi connectivity index (χ2v) is 5.54. The molecule has 1 atom stereocenters. The molecule has 0 unspecified atom stereocenters. The van der Waals surface area contributed by atoms with Crippen LogP contribution in [0.3, 0.4) is 0 Å². The maximum Gasteiger partial charge on any atom is 0.573 e. The van der Waals surface area contributed by atoms with E-state index >= 15 is 0 Å². The van der Waals surface area contributed by atoms with Crippen molar-refractivity contribution in [3.63, 3.8) is 0 Å². The van der Waals surface area contributed by atoms with Gasteiger partial charge in [0, 0.05) is 0 Å². The van der Waals surface area contributed by atoms with Gasteiger partial charge in [0.05, 0.1) is 0 Å². The molecule has 0 saturated carbocycles. The lowest BCUT2D eigenvalue weighted by molar-refractivity contribution is -0.274. The van der Waals surface area contributed by atoms with E-state index in [0.717, 1.165) is 0 Å². The van der Waals surface area contributed by atoms with E-state index in [-0.39, 0.29) is 12.2 Å². The third kappa shape index (κ3) is 6.99. The summed E-state index contributed by atoms with van der Waals surface area (Å²) >= 11 is 0. The average Bonchev–Trinajstić information content (AvgIpc) is 2.27. The van der Waals surface area contributed by atoms with Gasteiger partial charge in [-0.15, -0.1) is 13.2 Å². The SMILES string of the molecule is CC(C)(C)OC(=O)[C@@H](N)Cc1ccc(OC(F)(F)F)cc1. The maximum atomic E-state index is 12.0. The molecule has 0 spiro atoms. The number of carbonyl (C=O) groups excluding carboxylic acids is 1. The average molecular weight is 305 g/mol. The highest BCUT2D eigenvalue weighted by Gasteiger charge is 2.31. The van der Waals surface area contributed by atoms with Gasteiger partial charge in [-0.25, -0.2) is 0 Å². The summed E-state index contributed by atoms with van der Waals surface area (Å²) < 4.78 is 44.9. The molecule has 0 aromatic heterocycles. The van der Waals surface area contributed by atoms with Gasteiger partial charge in [0.2, 0.25) is 0 Å². The van der Waals surface area contributed by atoms with E-state index < -0.39 is 24.0 Å². The van der Waals surface area contributed by atoms with Gasteiger partial charge in [0.25, 0.3) is 0 Å². The molecule has 0 radical (unpaired) electrons. The molecule has 0 amide bonds. The number of rotatable bonds is 4. The van der Waals surface area contributed by atoms with Crippen LogP contribution in [0.4, 0.5) is 13.2 Å². The lowest BCUT2D eigenvalue weighted by atomic mass is 10.1. The molecule has 4 nitrogen and oxygen atoms in total. The van der Waals surface area contributed by atoms with Crippen LogP contribution in [0, 0.1) is 0 Å². The number of benzene rings is 1. The first kappa shape index (κ1) is 17.3. The molecule has 0 fully saturated rings. The van der Waals surface area contributed by atoms with Gasteiger partial charge in [-0.05, 0) is 44.9 Å². The van der Waals surface area contributed by atoms with Gasteiger partial charge < -0.3 is 15.2 Å². The van der Waals surface area contributed by atoms with Crippen molar-refractivity contribution >= 4 is 5.97 Å². The molecule has 1 aromatic rings. The van der Waals surface area contributed by atoms with Crippen LogP contribution in [0.15, 0.2) is 24.3 Å². The highest BCUT2D eigenvalue weighted by Crippen LogP contribution is 2.23. The highest BCUT2D eigenvalue weighted by atomic mass is 19.4. The van der Waals surface area contributed by atoms with Crippen molar-refractivity contribution in [2.75, 3.05) is 0 Å². The van der Waals surface area contributed by atoms with E-state index in [4.69, 9.17) is 10.5 Å². The Kier molecular flexibility index (Phi) is 5.22. The van der Waals surface area contributed by atoms with Crippen molar-refractivity contribution in [1.82, 2.24) is 0 Å². The highest BCUT2D eigenvalue weighted by molar-refractivity contribution is 5.76. The Morgan fingerprint density at radius 2 is 1.71 bits per heavy atom. The molecule has 0 saturated heterocycles. The second kappa shape index (κ2) is 6.34. The standard InChI is InChI=1S/C14H18F3NO3/c1-13(2,3)21-12(19)11(18)8-9-4-6-10(7-5-9)20-14(15,16)17/h4-7,11H,8,18H2,1-3H3/t11-/m0/s1. The molecule has 1 rings (SSSR count). The first-order valence-electron chi connectivity index (χ1n) is 6.29. The Morgan fingerprint density at radius 1 is 1.19 bits per heavy atom. The van der Waals surface area contributed by atoms with Crippen LogP contribution >= 0.6 is 0 Å². The Balaban J connectivity index is 2.61. The number of nitrogens with two attached hydrogens (primary N) is 1. The molecule has 0 bridgehead atoms. The van der Waals surface area contributed by atoms with Gasteiger partial charge in [-0.3, -0.25) is 4.79 Å². The van der Waals surface area contributed by atoms with E-state index in [9.17, 15) is 18.0 Å². The number of halogens is 3. The summed E-state index contributed by atoms with van der Waals surface area (Å²) in [6.45, 7) is 5.17. The van der Waals surface area contributed by atoms with Gasteiger partial charge in [0.15, 0.2) is 0 Å². The van der Waals surface area contributed by atoms with Crippen molar-refractivity contribution in [2.24, 2.45) is 5.73 Å². The van der Waals surface area contributed by atoms with Crippen LogP contribution in [0.25, 0.3) is 0 Å². The number of esters is 1. The van der Waals surface area contributed by atoms with Crippen LogP contribution in [0.5, 0.6) is 5.75 Å². The van der Waals surface area contributed by atoms with Crippen LogP contribution in [0.2, 0.25) is 0 Å². The van der Waals surface area contributed by atoms with Crippen LogP contribution in [-0.2, 0) is 16.0 Å². The largest absolute Gasteiger partial charge is 0.573 e. The number of ether oxygens (including phenoxy) is 2. The molecule has 2 N–H and O–H groups in total. The topological polar surface area (TPSA) is 61.5 Å². The second-order valence-electron chi connectivity index (χ2n) is 5.54. The fourth-order valence-electron chi connectivity index (χ4n) is 1.54. The number of alkyl halides is 3. The molecule has 21 heavy (non-hydrogen) atoms. The zero-order chi connectivity index (χ0) is 16.3. The molecular formula is C14H18F3NO3. The predicted molar refractivity (Wildman–Crippen MR) is 70.6 cm³/mol. The van der Waals surface area contributed by atoms with Crippen LogP contribution < -0.4 is 10.5 Å². The smallest absolute Gasteiger partial charge is 0.459 e. The van der Waals surface area contributed by atoms with Crippen LogP contribution in [0.1, 0.15) is 26.3 Å². The summed E-state index contributed by atoms with van der Waals surface area (Å²) in [5.41, 5.74) is 5.68. The molecule has 118 valence electrons. The minimum atomic E-state index is -4.73. The Morgan fingerprint density at radius 3 is 2.14 bits per heavy atom. The van der Waals surface area contributed by atoms with E-state index in [2.05, 4.69) is 4.74 Å². The third-order valence-corrected chi connectivity index (χ3v) is 2.32. The Labute approximate surface area is 121 Å². The molecule has 0 aliphatic rings. The molecular weight excluding hydrogens is 287 g/mol. The first-order chi connectivity index (χ1) is 9.46. The van der Waals surface area contributed by atoms with Gasteiger partial charge in [0.1, 0.15) is 17.4 Å². The summed E-state index contributed by atoms with van der Waals surface area (Å²) in [5, 5.41) is 0. The van der Waals surface area contributed by atoms with Gasteiger partial charge in [-0.1, -0.05) is 12.1 Å². The maximum absolute atomic E-state index is 12.0. The Bertz CT molecular complexity index is 478. The summed E-state index contributed by atoms with van der Waals surface area (Å²) in [6.07, 6.45) is -4.56. The van der Waals surface area contributed by atoms with Crippen molar-refractivity contribution in [2.45, 2.75) is 45.2 Å². The zero-order valence-electron chi connectivity index (χ0n) is 12.0. The third-order valence-electron chi connectivity index (χ3n) is 2.32. The lowest BCUT2D eigenvalue weighted by Gasteiger charge is -2.22. The molecule has 0 heterocycles. The van der Waals surface area contributed by atoms with Crippen molar-refractivity contribution < 1.29 is 27.4 Å². The zero-order valence-corrected chi connectivity index (χ0v) is 12.0. The van der Waals surface area contributed by atoms with Gasteiger partial charge >= 0.3 is 12.3 Å². The van der Waals surface area contributed by atoms with E-state index in [0.29, 0.717) is 5.56 Å². The number of hydrogen-bond acceptors (Lipinski definition) is 4. The van der Waals surface area contributed by atoms with Gasteiger partial charge in [-0.2, -0.15) is 0 Å². The number of carbonyl (C=O) groups is 1. The molecule has 1 aromatic carbocycles. The quantitative estimate of drug-likeness (QED) is 0.869. The summed E-state index contributed by atoms with van der Waals surface area (Å²) in [7, 11) is 0. The normalized spacial score (nSPS) is 13.7. The minimum absolute atomic E-state index is 0.168. The van der Waals surface area contributed by atoms with E-state index in [1.165, 1.54) is 24.3 Å². The molecule has 7 heteroatoms. The molecule has 0 aliphatic heterocycles. The number of hydrogen-bond donors (Lipinski definition) is 1. The first-order valence-corrected chi connectivity index (χ1v) is 6.29. The minimum Gasteiger partial charge on any atom is -0.459 e. The summed E-state index contributed by atoms with van der Waals surface area (Å²) in [6, 6.07) is 4.31. The molecule has 0 aliphatic carbocycles. The van der Waals surface area contributed by atoms with Crippen molar-refractivity contribution in [3.05, 3.63) is 29.8 Å². The Hall–Kier alpha value is -1.76. The van der Waals surface area contributed by atoms with E-state index in [1.807, 2.05) is 0 Å². The van der Waals surface area contributed by atoms with Crippen molar-refractivity contribution in [1.29, 1.82) is 0 Å². The predicted octanol–water partition coefficient (Wildman–Crippen LogP) is 2.80. The summed E-state index contributed by atoms with van der Waals surface area (Å²) in [4.78, 5) is 11.7. The van der Waals surface area contributed by atoms with E-state index in [1.54, 1.807) is 20.8 Å². The fourth-order valence-corrected chi connectivity index (χ4v) is 1.54.